The van der Waals surface area contributed by atoms with Crippen LogP contribution in [0.4, 0.5) is 9.18 Å². The van der Waals surface area contributed by atoms with Crippen LogP contribution in [-0.2, 0) is 4.74 Å². The van der Waals surface area contributed by atoms with E-state index in [9.17, 15) is 14.3 Å². The predicted octanol–water partition coefficient (Wildman–Crippen LogP) is 2.48. The Bertz CT molecular complexity index is 725. The van der Waals surface area contributed by atoms with E-state index in [1.165, 1.54) is 6.42 Å². The van der Waals surface area contributed by atoms with Gasteiger partial charge in [0.25, 0.3) is 0 Å². The number of amides is 2. The molecular weight excluding hydrogens is 435 g/mol. The summed E-state index contributed by atoms with van der Waals surface area (Å²) in [6, 6.07) is 0.388. The summed E-state index contributed by atoms with van der Waals surface area (Å²) in [5.74, 6) is 1.10. The lowest BCUT2D eigenvalue weighted by Gasteiger charge is -2.58. The summed E-state index contributed by atoms with van der Waals surface area (Å²) < 4.78 is 19.4. The number of likely N-dealkylation sites (tertiary alicyclic amines) is 3. The summed E-state index contributed by atoms with van der Waals surface area (Å²) >= 11 is 0. The Hall–Kier alpha value is -0.960. The number of nitrogens with zero attached hydrogens (tertiary/aromatic N) is 3. The van der Waals surface area contributed by atoms with E-state index in [-0.39, 0.29) is 36.2 Å². The number of halogens is 1. The molecule has 8 heteroatoms. The van der Waals surface area contributed by atoms with Gasteiger partial charge in [0.2, 0.25) is 0 Å². The zero-order valence-corrected chi connectivity index (χ0v) is 21.3. The van der Waals surface area contributed by atoms with Gasteiger partial charge in [-0.05, 0) is 102 Å². The van der Waals surface area contributed by atoms with Crippen LogP contribution in [0.15, 0.2) is 0 Å². The zero-order valence-electron chi connectivity index (χ0n) is 21.3. The van der Waals surface area contributed by atoms with Gasteiger partial charge in [0.1, 0.15) is 6.17 Å². The molecule has 6 atom stereocenters. The van der Waals surface area contributed by atoms with Crippen molar-refractivity contribution >= 4 is 6.03 Å². The first kappa shape index (κ1) is 24.7. The number of aliphatic hydroxyl groups is 1. The Labute approximate surface area is 204 Å². The maximum Gasteiger partial charge on any atom is 0.318 e. The Morgan fingerprint density at radius 1 is 1.12 bits per heavy atom. The summed E-state index contributed by atoms with van der Waals surface area (Å²) in [7, 11) is 6.24. The van der Waals surface area contributed by atoms with Crippen molar-refractivity contribution in [2.75, 3.05) is 47.4 Å². The number of ether oxygens (including phenoxy) is 1. The number of carbonyl (C=O) groups is 1. The molecule has 2 N–H and O–H groups in total. The molecule has 5 fully saturated rings. The van der Waals surface area contributed by atoms with Gasteiger partial charge in [-0.15, -0.1) is 0 Å². The highest BCUT2D eigenvalue weighted by Gasteiger charge is 2.63. The van der Waals surface area contributed by atoms with Crippen molar-refractivity contribution in [3.8, 4) is 0 Å². The van der Waals surface area contributed by atoms with Gasteiger partial charge in [0.15, 0.2) is 0 Å². The molecule has 5 rings (SSSR count). The lowest BCUT2D eigenvalue weighted by Crippen LogP contribution is -2.68. The van der Waals surface area contributed by atoms with Gasteiger partial charge in [-0.3, -0.25) is 4.90 Å². The fourth-order valence-corrected chi connectivity index (χ4v) is 8.47. The molecule has 5 aliphatic rings. The molecule has 3 heterocycles. The minimum absolute atomic E-state index is 0.0146. The Kier molecular flexibility index (Phi) is 7.15. The summed E-state index contributed by atoms with van der Waals surface area (Å²) in [6.07, 6.45) is 7.55. The number of hydrogen-bond acceptors (Lipinski definition) is 5. The molecule has 0 aromatic rings. The third-order valence-electron chi connectivity index (χ3n) is 10.4. The van der Waals surface area contributed by atoms with Crippen LogP contribution in [0.3, 0.4) is 0 Å². The standard InChI is InChI=1S/C26H45FN4O3/c1-29-12-10-26(11-13-29)16-31(25(33)28-18-6-4-17(27)5-7-18)22(15-32)24-23(26)20-9-8-19(34-3)14-21(20)30(24)2/h17-24,32H,4-16H2,1-3H3,(H,28,33)/t17?,18?,19?,20?,21?,22-,23?,24?/m0/s1. The smallest absolute Gasteiger partial charge is 0.318 e. The van der Waals surface area contributed by atoms with Gasteiger partial charge < -0.3 is 25.0 Å². The molecule has 2 amide bonds. The van der Waals surface area contributed by atoms with E-state index >= 15 is 0 Å². The first-order chi connectivity index (χ1) is 16.4. The van der Waals surface area contributed by atoms with E-state index in [0.29, 0.717) is 49.7 Å². The maximum atomic E-state index is 13.7. The van der Waals surface area contributed by atoms with Gasteiger partial charge in [-0.2, -0.15) is 0 Å². The molecule has 194 valence electrons. The molecule has 1 spiro atoms. The van der Waals surface area contributed by atoms with E-state index in [4.69, 9.17) is 4.74 Å². The molecule has 0 radical (unpaired) electrons. The summed E-state index contributed by atoms with van der Waals surface area (Å²) in [6.45, 7) is 2.83. The molecular formula is C26H45FN4O3. The second-order valence-electron chi connectivity index (χ2n) is 12.0. The molecule has 34 heavy (non-hydrogen) atoms. The van der Waals surface area contributed by atoms with Crippen molar-refractivity contribution < 1.29 is 19.0 Å². The van der Waals surface area contributed by atoms with Crippen LogP contribution < -0.4 is 5.32 Å². The van der Waals surface area contributed by atoms with Gasteiger partial charge >= 0.3 is 6.03 Å². The third kappa shape index (κ3) is 4.27. The summed E-state index contributed by atoms with van der Waals surface area (Å²) in [5, 5.41) is 13.9. The fraction of sp³-hybridized carbons (Fsp3) is 0.962. The molecule has 2 saturated carbocycles. The molecule has 2 aliphatic carbocycles. The van der Waals surface area contributed by atoms with E-state index in [0.717, 1.165) is 45.3 Å². The number of alkyl halides is 1. The highest BCUT2D eigenvalue weighted by atomic mass is 19.1. The first-order valence-electron chi connectivity index (χ1n) is 13.6. The molecule has 7 nitrogen and oxygen atoms in total. The van der Waals surface area contributed by atoms with Crippen LogP contribution in [0.25, 0.3) is 0 Å². The fourth-order valence-electron chi connectivity index (χ4n) is 8.47. The monoisotopic (exact) mass is 480 g/mol. The average molecular weight is 481 g/mol. The number of hydrogen-bond donors (Lipinski definition) is 2. The number of urea groups is 1. The maximum absolute atomic E-state index is 13.7. The number of methoxy groups -OCH3 is 1. The molecule has 3 aliphatic heterocycles. The van der Waals surface area contributed by atoms with Gasteiger partial charge in [-0.25, -0.2) is 9.18 Å². The van der Waals surface area contributed by atoms with Crippen molar-refractivity contribution in [3.05, 3.63) is 0 Å². The molecule has 3 saturated heterocycles. The number of rotatable bonds is 3. The quantitative estimate of drug-likeness (QED) is 0.650. The van der Waals surface area contributed by atoms with Gasteiger partial charge in [0.05, 0.1) is 18.8 Å². The molecule has 5 unspecified atom stereocenters. The predicted molar refractivity (Wildman–Crippen MR) is 129 cm³/mol. The van der Waals surface area contributed by atoms with E-state index in [1.54, 1.807) is 0 Å². The summed E-state index contributed by atoms with van der Waals surface area (Å²) in [4.78, 5) is 20.6. The van der Waals surface area contributed by atoms with Crippen molar-refractivity contribution in [2.24, 2.45) is 17.3 Å². The van der Waals surface area contributed by atoms with Crippen LogP contribution in [0.2, 0.25) is 0 Å². The minimum atomic E-state index is -0.733. The number of aliphatic hydroxyl groups excluding tert-OH is 1. The topological polar surface area (TPSA) is 68.3 Å². The summed E-state index contributed by atoms with van der Waals surface area (Å²) in [5.41, 5.74) is 0.0877. The number of carbonyl (C=O) groups excluding carboxylic acids is 1. The van der Waals surface area contributed by atoms with Gasteiger partial charge in [0, 0.05) is 31.8 Å². The van der Waals surface area contributed by atoms with Gasteiger partial charge in [-0.1, -0.05) is 0 Å². The Morgan fingerprint density at radius 2 is 1.82 bits per heavy atom. The third-order valence-corrected chi connectivity index (χ3v) is 10.4. The van der Waals surface area contributed by atoms with Crippen LogP contribution in [0, 0.1) is 17.3 Å². The van der Waals surface area contributed by atoms with Crippen molar-refractivity contribution in [1.29, 1.82) is 0 Å². The molecule has 0 aromatic heterocycles. The van der Waals surface area contributed by atoms with Crippen LogP contribution in [0.1, 0.15) is 57.8 Å². The minimum Gasteiger partial charge on any atom is -0.394 e. The van der Waals surface area contributed by atoms with Crippen LogP contribution >= 0.6 is 0 Å². The molecule has 0 aromatic carbocycles. The van der Waals surface area contributed by atoms with Crippen molar-refractivity contribution in [2.45, 2.75) is 94.2 Å². The highest BCUT2D eigenvalue weighted by Crippen LogP contribution is 2.58. The second-order valence-corrected chi connectivity index (χ2v) is 12.0. The van der Waals surface area contributed by atoms with Crippen LogP contribution in [-0.4, -0.2) is 110 Å². The number of piperidine rings is 2. The van der Waals surface area contributed by atoms with Crippen molar-refractivity contribution in [3.63, 3.8) is 0 Å². The van der Waals surface area contributed by atoms with E-state index in [2.05, 4.69) is 29.2 Å². The highest BCUT2D eigenvalue weighted by molar-refractivity contribution is 5.75. The average Bonchev–Trinajstić information content (AvgIpc) is 3.15. The van der Waals surface area contributed by atoms with E-state index in [1.807, 2.05) is 12.0 Å². The second kappa shape index (κ2) is 9.83. The first-order valence-corrected chi connectivity index (χ1v) is 13.6. The normalized spacial score (nSPS) is 42.9. The zero-order chi connectivity index (χ0) is 24.0. The van der Waals surface area contributed by atoms with E-state index < -0.39 is 6.17 Å². The van der Waals surface area contributed by atoms with Crippen LogP contribution in [0.5, 0.6) is 0 Å². The number of nitrogens with one attached hydrogen (secondary N) is 1. The largest absolute Gasteiger partial charge is 0.394 e. The molecule has 0 bridgehead atoms. The number of likely N-dealkylation sites (N-methyl/N-ethyl adjacent to an activating group) is 1. The Morgan fingerprint density at radius 3 is 2.47 bits per heavy atom. The Balaban J connectivity index is 1.43. The number of fused-ring (bicyclic) bond motifs is 4. The van der Waals surface area contributed by atoms with Crippen molar-refractivity contribution in [1.82, 2.24) is 20.0 Å². The SMILES string of the molecule is COC1CCC2C(C1)N(C)C1C2C2(CCN(C)CC2)CN(C(=O)NC2CCC(F)CC2)[C@H]1CO. The lowest BCUT2D eigenvalue weighted by atomic mass is 9.57. The lowest BCUT2D eigenvalue weighted by molar-refractivity contribution is -0.0780.